The van der Waals surface area contributed by atoms with Crippen molar-refractivity contribution in [3.8, 4) is 23.0 Å². The summed E-state index contributed by atoms with van der Waals surface area (Å²) in [5, 5.41) is 7.51. The average molecular weight is 691 g/mol. The number of aryl methyl sites for hydroxylation is 1. The van der Waals surface area contributed by atoms with Gasteiger partial charge in [0.2, 0.25) is 5.91 Å². The monoisotopic (exact) mass is 689 g/mol. The molecular formula is C34H38Cl3N3O6. The highest BCUT2D eigenvalue weighted by molar-refractivity contribution is 6.37. The Bertz CT molecular complexity index is 1540. The van der Waals surface area contributed by atoms with Crippen LogP contribution in [0.2, 0.25) is 15.1 Å². The summed E-state index contributed by atoms with van der Waals surface area (Å²) in [6, 6.07) is 13.9. The molecule has 3 aromatic rings. The maximum atomic E-state index is 14.0. The fourth-order valence-corrected chi connectivity index (χ4v) is 6.64. The third-order valence-corrected chi connectivity index (χ3v) is 9.01. The summed E-state index contributed by atoms with van der Waals surface area (Å²) in [5.74, 6) is 1.32. The van der Waals surface area contributed by atoms with Gasteiger partial charge >= 0.3 is 0 Å². The molecule has 2 atom stereocenters. The first-order chi connectivity index (χ1) is 22.2. The molecule has 2 amide bonds. The number of methoxy groups -OCH3 is 2. The molecule has 46 heavy (non-hydrogen) atoms. The lowest BCUT2D eigenvalue weighted by Crippen LogP contribution is -2.55. The number of para-hydroxylation sites is 1. The highest BCUT2D eigenvalue weighted by atomic mass is 35.5. The van der Waals surface area contributed by atoms with Crippen molar-refractivity contribution in [2.45, 2.75) is 44.8 Å². The summed E-state index contributed by atoms with van der Waals surface area (Å²) < 4.78 is 22.6. The summed E-state index contributed by atoms with van der Waals surface area (Å²) in [6.45, 7) is 3.85. The maximum absolute atomic E-state index is 14.0. The van der Waals surface area contributed by atoms with Crippen molar-refractivity contribution in [3.05, 3.63) is 80.3 Å². The van der Waals surface area contributed by atoms with Crippen LogP contribution in [0.25, 0.3) is 0 Å². The second kappa shape index (κ2) is 15.5. The standard InChI is InChI=1S/C34H38Cl3N3O6/c1-20-15-27(36)32(28(37)16-20)46-14-13-45-23-9-10-24(26(35)17-23)33(41)39-29-11-12-38-18-25(29)34(42)40(22-7-8-22)19-21-5-4-6-30(43-2)31(21)44-3/h4-6,9-10,15-17,22,25,29,38H,7-8,11-14,18-19H2,1-3H3,(H,39,41). The molecule has 1 saturated heterocycles. The van der Waals surface area contributed by atoms with Crippen LogP contribution < -0.4 is 29.6 Å². The summed E-state index contributed by atoms with van der Waals surface area (Å²) in [6.07, 6.45) is 2.49. The quantitative estimate of drug-likeness (QED) is 0.202. The second-order valence-electron chi connectivity index (χ2n) is 11.4. The van der Waals surface area contributed by atoms with Crippen molar-refractivity contribution in [3.63, 3.8) is 0 Å². The van der Waals surface area contributed by atoms with E-state index in [4.69, 9.17) is 53.8 Å². The molecule has 2 unspecified atom stereocenters. The predicted molar refractivity (Wildman–Crippen MR) is 179 cm³/mol. The molecule has 1 heterocycles. The van der Waals surface area contributed by atoms with Crippen LogP contribution >= 0.6 is 34.8 Å². The van der Waals surface area contributed by atoms with Crippen molar-refractivity contribution < 1.29 is 28.5 Å². The third-order valence-electron chi connectivity index (χ3n) is 8.14. The molecule has 0 aromatic heterocycles. The Morgan fingerprint density at radius 3 is 2.33 bits per heavy atom. The number of halogens is 3. The second-order valence-corrected chi connectivity index (χ2v) is 12.6. The van der Waals surface area contributed by atoms with E-state index in [0.29, 0.717) is 64.7 Å². The molecule has 1 saturated carbocycles. The van der Waals surface area contributed by atoms with E-state index in [0.717, 1.165) is 24.0 Å². The Morgan fingerprint density at radius 1 is 0.913 bits per heavy atom. The first-order valence-electron chi connectivity index (χ1n) is 15.2. The fraction of sp³-hybridized carbons (Fsp3) is 0.412. The number of nitrogens with one attached hydrogen (secondary N) is 2. The topological polar surface area (TPSA) is 98.4 Å². The number of carbonyl (C=O) groups is 2. The molecule has 0 spiro atoms. The molecule has 5 rings (SSSR count). The van der Waals surface area contributed by atoms with E-state index in [1.807, 2.05) is 30.0 Å². The number of amides is 2. The summed E-state index contributed by atoms with van der Waals surface area (Å²) >= 11 is 19.0. The van der Waals surface area contributed by atoms with Crippen LogP contribution in [0.3, 0.4) is 0 Å². The van der Waals surface area contributed by atoms with Gasteiger partial charge in [0.1, 0.15) is 19.0 Å². The van der Waals surface area contributed by atoms with Crippen molar-refractivity contribution in [1.29, 1.82) is 0 Å². The van der Waals surface area contributed by atoms with Crippen LogP contribution in [-0.4, -0.2) is 69.3 Å². The lowest BCUT2D eigenvalue weighted by Gasteiger charge is -2.36. The normalized spacial score (nSPS) is 17.6. The number of nitrogens with zero attached hydrogens (tertiary/aromatic N) is 1. The minimum Gasteiger partial charge on any atom is -0.493 e. The Balaban J connectivity index is 1.20. The molecule has 246 valence electrons. The number of hydrogen-bond acceptors (Lipinski definition) is 7. The van der Waals surface area contributed by atoms with Crippen LogP contribution in [0.1, 0.15) is 40.7 Å². The molecule has 0 radical (unpaired) electrons. The molecule has 2 fully saturated rings. The van der Waals surface area contributed by atoms with Gasteiger partial charge in [-0.05, 0) is 74.7 Å². The zero-order valence-corrected chi connectivity index (χ0v) is 28.3. The van der Waals surface area contributed by atoms with E-state index >= 15 is 0 Å². The van der Waals surface area contributed by atoms with Gasteiger partial charge < -0.3 is 34.5 Å². The van der Waals surface area contributed by atoms with Crippen LogP contribution in [0.4, 0.5) is 0 Å². The predicted octanol–water partition coefficient (Wildman–Crippen LogP) is 6.33. The van der Waals surface area contributed by atoms with E-state index < -0.39 is 5.92 Å². The molecular weight excluding hydrogens is 653 g/mol. The minimum atomic E-state index is -0.438. The number of ether oxygens (including phenoxy) is 4. The van der Waals surface area contributed by atoms with Gasteiger partial charge in [-0.1, -0.05) is 46.9 Å². The van der Waals surface area contributed by atoms with Crippen molar-refractivity contribution in [2.24, 2.45) is 5.92 Å². The highest BCUT2D eigenvalue weighted by Gasteiger charge is 2.40. The van der Waals surface area contributed by atoms with E-state index in [2.05, 4.69) is 10.6 Å². The highest BCUT2D eigenvalue weighted by Crippen LogP contribution is 2.37. The molecule has 2 aliphatic rings. The average Bonchev–Trinajstić information content (AvgIpc) is 3.88. The van der Waals surface area contributed by atoms with Gasteiger partial charge in [-0.25, -0.2) is 0 Å². The van der Waals surface area contributed by atoms with Gasteiger partial charge in [-0.3, -0.25) is 9.59 Å². The van der Waals surface area contributed by atoms with E-state index in [1.54, 1.807) is 44.6 Å². The molecule has 9 nitrogen and oxygen atoms in total. The summed E-state index contributed by atoms with van der Waals surface area (Å²) in [7, 11) is 3.19. The summed E-state index contributed by atoms with van der Waals surface area (Å²) in [5.41, 5.74) is 2.11. The molecule has 1 aliphatic carbocycles. The Labute approximate surface area is 284 Å². The van der Waals surface area contributed by atoms with Crippen molar-refractivity contribution >= 4 is 46.6 Å². The Hall–Kier alpha value is -3.37. The van der Waals surface area contributed by atoms with Gasteiger partial charge in [-0.2, -0.15) is 0 Å². The van der Waals surface area contributed by atoms with Crippen molar-refractivity contribution in [1.82, 2.24) is 15.5 Å². The van der Waals surface area contributed by atoms with Crippen LogP contribution in [0.15, 0.2) is 48.5 Å². The Kier molecular flexibility index (Phi) is 11.4. The number of benzene rings is 3. The van der Waals surface area contributed by atoms with Gasteiger partial charge in [0.15, 0.2) is 17.2 Å². The first-order valence-corrected chi connectivity index (χ1v) is 16.4. The van der Waals surface area contributed by atoms with Gasteiger partial charge in [0.25, 0.3) is 5.91 Å². The van der Waals surface area contributed by atoms with Crippen molar-refractivity contribution in [2.75, 3.05) is 40.5 Å². The third kappa shape index (κ3) is 8.12. The van der Waals surface area contributed by atoms with E-state index in [9.17, 15) is 9.59 Å². The number of piperidine rings is 1. The van der Waals surface area contributed by atoms with Gasteiger partial charge in [-0.15, -0.1) is 0 Å². The fourth-order valence-electron chi connectivity index (χ4n) is 5.68. The zero-order chi connectivity index (χ0) is 32.8. The maximum Gasteiger partial charge on any atom is 0.253 e. The lowest BCUT2D eigenvalue weighted by atomic mass is 9.91. The lowest BCUT2D eigenvalue weighted by molar-refractivity contribution is -0.138. The largest absolute Gasteiger partial charge is 0.493 e. The molecule has 0 bridgehead atoms. The summed E-state index contributed by atoms with van der Waals surface area (Å²) in [4.78, 5) is 29.4. The number of hydrogen-bond donors (Lipinski definition) is 2. The number of rotatable bonds is 13. The van der Waals surface area contributed by atoms with E-state index in [1.165, 1.54) is 0 Å². The van der Waals surface area contributed by atoms with E-state index in [-0.39, 0.29) is 42.1 Å². The molecule has 3 aromatic carbocycles. The Morgan fingerprint density at radius 2 is 1.65 bits per heavy atom. The number of carbonyl (C=O) groups excluding carboxylic acids is 2. The molecule has 2 N–H and O–H groups in total. The van der Waals surface area contributed by atoms with Gasteiger partial charge in [0, 0.05) is 30.7 Å². The smallest absolute Gasteiger partial charge is 0.253 e. The van der Waals surface area contributed by atoms with Crippen LogP contribution in [0, 0.1) is 12.8 Å². The van der Waals surface area contributed by atoms with Crippen LogP contribution in [0.5, 0.6) is 23.0 Å². The first kappa shape index (κ1) is 34.0. The van der Waals surface area contributed by atoms with Gasteiger partial charge in [0.05, 0.1) is 40.8 Å². The SMILES string of the molecule is COc1cccc(CN(C(=O)C2CNCCC2NC(=O)c2ccc(OCCOc3c(Cl)cc(C)cc3Cl)cc2Cl)C2CC2)c1OC. The molecule has 1 aliphatic heterocycles. The zero-order valence-electron chi connectivity index (χ0n) is 26.0. The van der Waals surface area contributed by atoms with Crippen LogP contribution in [-0.2, 0) is 11.3 Å². The minimum absolute atomic E-state index is 0.00449. The molecule has 12 heteroatoms.